The van der Waals surface area contributed by atoms with Crippen molar-refractivity contribution in [3.63, 3.8) is 0 Å². The van der Waals surface area contributed by atoms with Crippen molar-refractivity contribution in [2.75, 3.05) is 19.6 Å². The lowest BCUT2D eigenvalue weighted by atomic mass is 10.00. The van der Waals surface area contributed by atoms with E-state index in [0.717, 1.165) is 31.8 Å². The van der Waals surface area contributed by atoms with E-state index in [1.54, 1.807) is 6.07 Å². The minimum atomic E-state index is 0.300. The summed E-state index contributed by atoms with van der Waals surface area (Å²) in [4.78, 5) is 6.52. The van der Waals surface area contributed by atoms with Gasteiger partial charge in [-0.25, -0.2) is 4.98 Å². The van der Waals surface area contributed by atoms with E-state index in [-0.39, 0.29) is 0 Å². The van der Waals surface area contributed by atoms with E-state index in [4.69, 9.17) is 32.7 Å². The van der Waals surface area contributed by atoms with Crippen LogP contribution in [0.2, 0.25) is 10.2 Å². The second-order valence-corrected chi connectivity index (χ2v) is 8.27. The van der Waals surface area contributed by atoms with Gasteiger partial charge in [-0.2, -0.15) is 0 Å². The molecule has 4 nitrogen and oxygen atoms in total. The van der Waals surface area contributed by atoms with Gasteiger partial charge in [0.15, 0.2) is 10.9 Å². The Bertz CT molecular complexity index is 762. The molecular weight excluding hydrogens is 383 g/mol. The summed E-state index contributed by atoms with van der Waals surface area (Å²) < 4.78 is 11.7. The molecular formula is C21H26Cl2N2O2. The monoisotopic (exact) mass is 408 g/mol. The Morgan fingerprint density at radius 1 is 1.22 bits per heavy atom. The largest absolute Gasteiger partial charge is 0.454 e. The summed E-state index contributed by atoms with van der Waals surface area (Å²) in [6.07, 6.45) is 3.09. The van der Waals surface area contributed by atoms with Crippen molar-refractivity contribution in [1.82, 2.24) is 9.88 Å². The molecule has 146 valence electrons. The van der Waals surface area contributed by atoms with E-state index in [0.29, 0.717) is 34.1 Å². The van der Waals surface area contributed by atoms with Crippen molar-refractivity contribution in [3.8, 4) is 11.5 Å². The van der Waals surface area contributed by atoms with Crippen LogP contribution in [0.1, 0.15) is 26.3 Å². The van der Waals surface area contributed by atoms with Gasteiger partial charge in [-0.15, -0.1) is 0 Å². The molecule has 3 unspecified atom stereocenters. The quantitative estimate of drug-likeness (QED) is 0.593. The Labute approximate surface area is 171 Å². The zero-order valence-electron chi connectivity index (χ0n) is 16.0. The maximum Gasteiger partial charge on any atom is 0.171 e. The lowest BCUT2D eigenvalue weighted by molar-refractivity contribution is -0.0708. The summed E-state index contributed by atoms with van der Waals surface area (Å²) in [6.45, 7) is 9.63. The average molecular weight is 409 g/mol. The molecule has 0 saturated carbocycles. The Hall–Kier alpha value is -1.33. The number of hydrogen-bond acceptors (Lipinski definition) is 4. The van der Waals surface area contributed by atoms with Gasteiger partial charge in [-0.1, -0.05) is 42.3 Å². The van der Waals surface area contributed by atoms with Gasteiger partial charge in [-0.3, -0.25) is 4.90 Å². The summed E-state index contributed by atoms with van der Waals surface area (Å²) in [6, 6.07) is 9.77. The van der Waals surface area contributed by atoms with Crippen LogP contribution in [-0.2, 0) is 11.2 Å². The molecule has 1 aliphatic heterocycles. The highest BCUT2D eigenvalue weighted by molar-refractivity contribution is 6.33. The predicted octanol–water partition coefficient (Wildman–Crippen LogP) is 5.47. The fourth-order valence-corrected chi connectivity index (χ4v) is 3.97. The molecule has 0 spiro atoms. The van der Waals surface area contributed by atoms with Crippen molar-refractivity contribution in [3.05, 3.63) is 52.3 Å². The molecule has 0 amide bonds. The van der Waals surface area contributed by atoms with Crippen LogP contribution >= 0.6 is 23.2 Å². The van der Waals surface area contributed by atoms with Gasteiger partial charge in [0.2, 0.25) is 0 Å². The fourth-order valence-electron chi connectivity index (χ4n) is 3.68. The molecule has 27 heavy (non-hydrogen) atoms. The van der Waals surface area contributed by atoms with Gasteiger partial charge in [-0.05, 0) is 43.9 Å². The SMILES string of the molecule is CC(Cc1cccc(Oc2cc(Cl)cnc2Cl)c1)CN1CC(C)OC(C)C1. The standard InChI is InChI=1S/C21H26Cl2N2O2/c1-14(11-25-12-15(2)26-16(3)13-25)7-17-5-4-6-19(8-17)27-20-9-18(22)10-24-21(20)23/h4-6,8-10,14-16H,7,11-13H2,1-3H3. The van der Waals surface area contributed by atoms with Crippen LogP contribution in [0, 0.1) is 5.92 Å². The third kappa shape index (κ3) is 6.08. The number of pyridine rings is 1. The Morgan fingerprint density at radius 2 is 1.96 bits per heavy atom. The number of hydrogen-bond donors (Lipinski definition) is 0. The highest BCUT2D eigenvalue weighted by atomic mass is 35.5. The van der Waals surface area contributed by atoms with Gasteiger partial charge >= 0.3 is 0 Å². The zero-order valence-corrected chi connectivity index (χ0v) is 17.5. The Morgan fingerprint density at radius 3 is 2.70 bits per heavy atom. The molecule has 1 aliphatic rings. The van der Waals surface area contributed by atoms with Gasteiger partial charge in [0, 0.05) is 31.9 Å². The minimum absolute atomic E-state index is 0.300. The van der Waals surface area contributed by atoms with Gasteiger partial charge in [0.1, 0.15) is 5.75 Å². The van der Waals surface area contributed by atoms with Crippen LogP contribution in [0.15, 0.2) is 36.5 Å². The zero-order chi connectivity index (χ0) is 19.4. The smallest absolute Gasteiger partial charge is 0.171 e. The van der Waals surface area contributed by atoms with Crippen LogP contribution in [0.4, 0.5) is 0 Å². The first kappa shape index (κ1) is 20.4. The molecule has 3 atom stereocenters. The summed E-state index contributed by atoms with van der Waals surface area (Å²) >= 11 is 12.1. The molecule has 2 heterocycles. The number of aromatic nitrogens is 1. The molecule has 1 aromatic heterocycles. The van der Waals surface area contributed by atoms with Crippen molar-refractivity contribution >= 4 is 23.2 Å². The normalized spacial score (nSPS) is 21.8. The first-order chi connectivity index (χ1) is 12.9. The van der Waals surface area contributed by atoms with Crippen molar-refractivity contribution in [2.45, 2.75) is 39.4 Å². The molecule has 2 aromatic rings. The Kier molecular flexibility index (Phi) is 6.99. The molecule has 1 aromatic carbocycles. The first-order valence-corrected chi connectivity index (χ1v) is 10.1. The van der Waals surface area contributed by atoms with E-state index < -0.39 is 0 Å². The fraction of sp³-hybridized carbons (Fsp3) is 0.476. The van der Waals surface area contributed by atoms with E-state index in [2.05, 4.69) is 42.8 Å². The van der Waals surface area contributed by atoms with Crippen LogP contribution < -0.4 is 4.74 Å². The number of rotatable bonds is 6. The third-order valence-electron chi connectivity index (χ3n) is 4.55. The lowest BCUT2D eigenvalue weighted by Crippen LogP contribution is -2.47. The third-order valence-corrected chi connectivity index (χ3v) is 5.04. The number of nitrogens with zero attached hydrogens (tertiary/aromatic N) is 2. The number of halogens is 2. The summed E-state index contributed by atoms with van der Waals surface area (Å²) in [7, 11) is 0. The highest BCUT2D eigenvalue weighted by Crippen LogP contribution is 2.30. The van der Waals surface area contributed by atoms with Crippen LogP contribution in [0.25, 0.3) is 0 Å². The lowest BCUT2D eigenvalue weighted by Gasteiger charge is -2.36. The average Bonchev–Trinajstić information content (AvgIpc) is 2.57. The molecule has 0 N–H and O–H groups in total. The molecule has 0 aliphatic carbocycles. The molecule has 6 heteroatoms. The first-order valence-electron chi connectivity index (χ1n) is 9.34. The van der Waals surface area contributed by atoms with Crippen LogP contribution in [-0.4, -0.2) is 41.7 Å². The minimum Gasteiger partial charge on any atom is -0.454 e. The summed E-state index contributed by atoms with van der Waals surface area (Å²) in [5, 5.41) is 0.793. The van der Waals surface area contributed by atoms with Crippen molar-refractivity contribution < 1.29 is 9.47 Å². The van der Waals surface area contributed by atoms with E-state index in [1.807, 2.05) is 12.1 Å². The molecule has 0 radical (unpaired) electrons. The van der Waals surface area contributed by atoms with Gasteiger partial charge in [0.25, 0.3) is 0 Å². The summed E-state index contributed by atoms with van der Waals surface area (Å²) in [5.74, 6) is 1.74. The molecule has 1 saturated heterocycles. The van der Waals surface area contributed by atoms with Crippen molar-refractivity contribution in [1.29, 1.82) is 0 Å². The Balaban J connectivity index is 1.61. The molecule has 3 rings (SSSR count). The van der Waals surface area contributed by atoms with Gasteiger partial charge < -0.3 is 9.47 Å². The maximum atomic E-state index is 6.09. The summed E-state index contributed by atoms with van der Waals surface area (Å²) in [5.41, 5.74) is 1.24. The van der Waals surface area contributed by atoms with Crippen LogP contribution in [0.5, 0.6) is 11.5 Å². The second-order valence-electron chi connectivity index (χ2n) is 7.48. The maximum absolute atomic E-state index is 6.09. The number of benzene rings is 1. The van der Waals surface area contributed by atoms with Crippen molar-refractivity contribution in [2.24, 2.45) is 5.92 Å². The number of morpholine rings is 1. The van der Waals surface area contributed by atoms with E-state index >= 15 is 0 Å². The molecule has 1 fully saturated rings. The van der Waals surface area contributed by atoms with Gasteiger partial charge in [0.05, 0.1) is 17.2 Å². The van der Waals surface area contributed by atoms with E-state index in [1.165, 1.54) is 11.8 Å². The van der Waals surface area contributed by atoms with E-state index in [9.17, 15) is 0 Å². The number of ether oxygens (including phenoxy) is 2. The predicted molar refractivity (Wildman–Crippen MR) is 110 cm³/mol. The molecule has 0 bridgehead atoms. The highest BCUT2D eigenvalue weighted by Gasteiger charge is 2.23. The topological polar surface area (TPSA) is 34.6 Å². The van der Waals surface area contributed by atoms with Crippen LogP contribution in [0.3, 0.4) is 0 Å². The second kappa shape index (κ2) is 9.24.